The van der Waals surface area contributed by atoms with Gasteiger partial charge in [-0.2, -0.15) is 4.80 Å². The van der Waals surface area contributed by atoms with Crippen molar-refractivity contribution in [1.82, 2.24) is 15.0 Å². The van der Waals surface area contributed by atoms with Gasteiger partial charge in [-0.3, -0.25) is 4.79 Å². The molecule has 1 amide bonds. The minimum Gasteiger partial charge on any atom is -0.486 e. The first-order valence-electron chi connectivity index (χ1n) is 7.65. The fraction of sp³-hybridized carbons (Fsp3) is 0.235. The molecule has 2 heterocycles. The second kappa shape index (κ2) is 5.52. The molecule has 4 rings (SSSR count). The summed E-state index contributed by atoms with van der Waals surface area (Å²) in [6, 6.07) is 9.32. The number of nitrogens with one attached hydrogen (secondary N) is 1. The average Bonchev–Trinajstić information content (AvgIpc) is 2.97. The number of hydrogen-bond donors (Lipinski definition) is 1. The van der Waals surface area contributed by atoms with Crippen LogP contribution in [0.1, 0.15) is 12.5 Å². The first-order valence-corrected chi connectivity index (χ1v) is 7.65. The quantitative estimate of drug-likeness (QED) is 0.783. The number of rotatable bonds is 2. The summed E-state index contributed by atoms with van der Waals surface area (Å²) >= 11 is 0. The molecule has 0 unspecified atom stereocenters. The molecule has 24 heavy (non-hydrogen) atoms. The number of anilines is 1. The van der Waals surface area contributed by atoms with Gasteiger partial charge >= 0.3 is 0 Å². The summed E-state index contributed by atoms with van der Waals surface area (Å²) in [5, 5.41) is 11.8. The predicted octanol–water partition coefficient (Wildman–Crippen LogP) is 2.46. The first kappa shape index (κ1) is 14.5. The minimum atomic E-state index is -0.114. The molecular formula is C17H16N4O3. The fourth-order valence-electron chi connectivity index (χ4n) is 2.66. The average molecular weight is 324 g/mol. The third kappa shape index (κ3) is 2.54. The number of carbonyl (C=O) groups is 1. The maximum Gasteiger partial charge on any atom is 0.221 e. The lowest BCUT2D eigenvalue weighted by Crippen LogP contribution is -2.15. The Morgan fingerprint density at radius 3 is 2.54 bits per heavy atom. The Hall–Kier alpha value is -3.09. The summed E-state index contributed by atoms with van der Waals surface area (Å²) in [6.07, 6.45) is 0. The summed E-state index contributed by atoms with van der Waals surface area (Å²) in [6.45, 7) is 4.50. The minimum absolute atomic E-state index is 0.114. The fourth-order valence-corrected chi connectivity index (χ4v) is 2.66. The number of aryl methyl sites for hydroxylation is 1. The standard InChI is InChI=1S/C17H16N4O3/c1-10-7-14-15(9-13(10)18-11(2)22)20-21(19-14)12-3-4-16-17(8-12)24-6-5-23-16/h3-4,7-9H,5-6H2,1-2H3,(H,18,22). The molecule has 0 fully saturated rings. The number of aromatic nitrogens is 3. The lowest BCUT2D eigenvalue weighted by Gasteiger charge is -2.18. The summed E-state index contributed by atoms with van der Waals surface area (Å²) < 4.78 is 11.1. The van der Waals surface area contributed by atoms with E-state index in [1.165, 1.54) is 6.92 Å². The lowest BCUT2D eigenvalue weighted by molar-refractivity contribution is -0.114. The Kier molecular flexibility index (Phi) is 3.34. The molecule has 0 saturated carbocycles. The highest BCUT2D eigenvalue weighted by atomic mass is 16.6. The van der Waals surface area contributed by atoms with Crippen molar-refractivity contribution in [3.63, 3.8) is 0 Å². The number of hydrogen-bond acceptors (Lipinski definition) is 5. The van der Waals surface area contributed by atoms with Crippen LogP contribution in [0.5, 0.6) is 11.5 Å². The summed E-state index contributed by atoms with van der Waals surface area (Å²) in [7, 11) is 0. The molecule has 1 aliphatic rings. The number of amides is 1. The Balaban J connectivity index is 1.76. The van der Waals surface area contributed by atoms with E-state index in [2.05, 4.69) is 15.5 Å². The monoisotopic (exact) mass is 324 g/mol. The van der Waals surface area contributed by atoms with Gasteiger partial charge in [-0.15, -0.1) is 10.2 Å². The second-order valence-corrected chi connectivity index (χ2v) is 5.65. The molecule has 1 aromatic heterocycles. The van der Waals surface area contributed by atoms with Gasteiger partial charge in [0.05, 0.1) is 5.69 Å². The maximum atomic E-state index is 11.3. The van der Waals surface area contributed by atoms with Crippen LogP contribution >= 0.6 is 0 Å². The van der Waals surface area contributed by atoms with Gasteiger partial charge in [-0.05, 0) is 36.8 Å². The zero-order valence-electron chi connectivity index (χ0n) is 13.4. The molecular weight excluding hydrogens is 308 g/mol. The molecule has 0 spiro atoms. The Labute approximate surface area is 138 Å². The molecule has 122 valence electrons. The topological polar surface area (TPSA) is 78.3 Å². The van der Waals surface area contributed by atoms with Crippen molar-refractivity contribution < 1.29 is 14.3 Å². The van der Waals surface area contributed by atoms with Crippen molar-refractivity contribution in [1.29, 1.82) is 0 Å². The van der Waals surface area contributed by atoms with Crippen LogP contribution in [0.3, 0.4) is 0 Å². The van der Waals surface area contributed by atoms with E-state index >= 15 is 0 Å². The summed E-state index contributed by atoms with van der Waals surface area (Å²) in [5.41, 5.74) is 3.93. The molecule has 1 aliphatic heterocycles. The number of fused-ring (bicyclic) bond motifs is 2. The van der Waals surface area contributed by atoms with Gasteiger partial charge < -0.3 is 14.8 Å². The van der Waals surface area contributed by atoms with Crippen LogP contribution in [0.15, 0.2) is 30.3 Å². The molecule has 7 nitrogen and oxygen atoms in total. The van der Waals surface area contributed by atoms with E-state index in [0.717, 1.165) is 28.2 Å². The van der Waals surface area contributed by atoms with Gasteiger partial charge in [0.2, 0.25) is 5.91 Å². The van der Waals surface area contributed by atoms with E-state index in [0.29, 0.717) is 24.5 Å². The van der Waals surface area contributed by atoms with Crippen molar-refractivity contribution in [3.05, 3.63) is 35.9 Å². The molecule has 0 saturated heterocycles. The SMILES string of the molecule is CC(=O)Nc1cc2nn(-c3ccc4c(c3)OCCO4)nc2cc1C. The Morgan fingerprint density at radius 1 is 1.08 bits per heavy atom. The number of carbonyl (C=O) groups excluding carboxylic acids is 1. The smallest absolute Gasteiger partial charge is 0.221 e. The maximum absolute atomic E-state index is 11.3. The van der Waals surface area contributed by atoms with Gasteiger partial charge in [0.15, 0.2) is 11.5 Å². The van der Waals surface area contributed by atoms with Gasteiger partial charge in [-0.25, -0.2) is 0 Å². The highest BCUT2D eigenvalue weighted by molar-refractivity contribution is 5.92. The van der Waals surface area contributed by atoms with Crippen LogP contribution in [0.4, 0.5) is 5.69 Å². The molecule has 2 aromatic carbocycles. The molecule has 3 aromatic rings. The van der Waals surface area contributed by atoms with Crippen LogP contribution in [-0.4, -0.2) is 34.1 Å². The van der Waals surface area contributed by atoms with E-state index in [-0.39, 0.29) is 5.91 Å². The van der Waals surface area contributed by atoms with E-state index in [1.807, 2.05) is 37.3 Å². The highest BCUT2D eigenvalue weighted by Gasteiger charge is 2.14. The van der Waals surface area contributed by atoms with Crippen molar-refractivity contribution >= 4 is 22.6 Å². The van der Waals surface area contributed by atoms with E-state index in [9.17, 15) is 4.79 Å². The van der Waals surface area contributed by atoms with Crippen LogP contribution in [-0.2, 0) is 4.79 Å². The number of nitrogens with zero attached hydrogens (tertiary/aromatic N) is 3. The van der Waals surface area contributed by atoms with Gasteiger partial charge in [0.1, 0.15) is 24.2 Å². The number of benzene rings is 2. The van der Waals surface area contributed by atoms with Crippen LogP contribution in [0.25, 0.3) is 16.7 Å². The molecule has 1 N–H and O–H groups in total. The van der Waals surface area contributed by atoms with Crippen molar-refractivity contribution in [2.75, 3.05) is 18.5 Å². The van der Waals surface area contributed by atoms with Gasteiger partial charge in [0.25, 0.3) is 0 Å². The number of ether oxygens (including phenoxy) is 2. The summed E-state index contributed by atoms with van der Waals surface area (Å²) in [5.74, 6) is 1.30. The molecule has 0 aliphatic carbocycles. The molecule has 0 bridgehead atoms. The third-order valence-electron chi connectivity index (χ3n) is 3.79. The zero-order chi connectivity index (χ0) is 16.7. The van der Waals surface area contributed by atoms with Gasteiger partial charge in [-0.1, -0.05) is 0 Å². The zero-order valence-corrected chi connectivity index (χ0v) is 13.4. The summed E-state index contributed by atoms with van der Waals surface area (Å²) in [4.78, 5) is 12.8. The van der Waals surface area contributed by atoms with Crippen molar-refractivity contribution in [2.24, 2.45) is 0 Å². The molecule has 0 radical (unpaired) electrons. The third-order valence-corrected chi connectivity index (χ3v) is 3.79. The Bertz CT molecular complexity index is 948. The van der Waals surface area contributed by atoms with Crippen LogP contribution in [0.2, 0.25) is 0 Å². The van der Waals surface area contributed by atoms with E-state index in [4.69, 9.17) is 9.47 Å². The van der Waals surface area contributed by atoms with Crippen LogP contribution in [0, 0.1) is 6.92 Å². The normalized spacial score (nSPS) is 13.1. The van der Waals surface area contributed by atoms with E-state index in [1.54, 1.807) is 4.80 Å². The molecule has 7 heteroatoms. The largest absolute Gasteiger partial charge is 0.486 e. The van der Waals surface area contributed by atoms with Crippen LogP contribution < -0.4 is 14.8 Å². The Morgan fingerprint density at radius 2 is 1.79 bits per heavy atom. The predicted molar refractivity (Wildman–Crippen MR) is 88.9 cm³/mol. The van der Waals surface area contributed by atoms with E-state index < -0.39 is 0 Å². The van der Waals surface area contributed by atoms with Crippen molar-refractivity contribution in [2.45, 2.75) is 13.8 Å². The highest BCUT2D eigenvalue weighted by Crippen LogP contribution is 2.32. The van der Waals surface area contributed by atoms with Crippen molar-refractivity contribution in [3.8, 4) is 17.2 Å². The second-order valence-electron chi connectivity index (χ2n) is 5.65. The molecule has 0 atom stereocenters. The van der Waals surface area contributed by atoms with Gasteiger partial charge in [0, 0.05) is 18.7 Å². The first-order chi connectivity index (χ1) is 11.6. The lowest BCUT2D eigenvalue weighted by atomic mass is 10.2.